The fraction of sp³-hybridized carbons (Fsp3) is 0. The maximum Gasteiger partial charge on any atom is 0.161 e. The van der Waals surface area contributed by atoms with Crippen LogP contribution in [0.3, 0.4) is 0 Å². The van der Waals surface area contributed by atoms with Crippen LogP contribution >= 0.6 is 0 Å². The Bertz CT molecular complexity index is 3720. The number of hydrogen-bond acceptors (Lipinski definition) is 3. The van der Waals surface area contributed by atoms with Crippen LogP contribution in [0.2, 0.25) is 0 Å². The molecule has 63 heavy (non-hydrogen) atoms. The van der Waals surface area contributed by atoms with E-state index in [0.29, 0.717) is 5.84 Å². The maximum atomic E-state index is 6.74. The Labute approximate surface area is 365 Å². The molecule has 0 spiro atoms. The third-order valence-corrected chi connectivity index (χ3v) is 12.3. The molecule has 3 heteroatoms. The van der Waals surface area contributed by atoms with Gasteiger partial charge < -0.3 is 4.42 Å². The first-order valence-electron chi connectivity index (χ1n) is 21.4. The summed E-state index contributed by atoms with van der Waals surface area (Å²) in [6.45, 7) is 0. The molecule has 0 saturated carbocycles. The molecule has 1 aromatic heterocycles. The van der Waals surface area contributed by atoms with Crippen molar-refractivity contribution in [1.29, 1.82) is 0 Å². The summed E-state index contributed by atoms with van der Waals surface area (Å²) >= 11 is 0. The van der Waals surface area contributed by atoms with Gasteiger partial charge in [-0.15, -0.1) is 0 Å². The third-order valence-electron chi connectivity index (χ3n) is 12.3. The van der Waals surface area contributed by atoms with Crippen molar-refractivity contribution in [3.05, 3.63) is 247 Å². The second-order valence-electron chi connectivity index (χ2n) is 16.1. The molecule has 0 amide bonds. The lowest BCUT2D eigenvalue weighted by Gasteiger charge is -2.13. The Balaban J connectivity index is 1.01. The van der Waals surface area contributed by atoms with Crippen LogP contribution in [-0.2, 0) is 0 Å². The van der Waals surface area contributed by atoms with E-state index in [4.69, 9.17) is 14.4 Å². The molecule has 0 fully saturated rings. The van der Waals surface area contributed by atoms with Gasteiger partial charge in [0.15, 0.2) is 5.84 Å². The highest BCUT2D eigenvalue weighted by molar-refractivity contribution is 6.25. The Hall–Kier alpha value is -8.40. The molecule has 10 aromatic carbocycles. The van der Waals surface area contributed by atoms with Crippen molar-refractivity contribution in [3.63, 3.8) is 0 Å². The number of fused-ring (bicyclic) bond motifs is 6. The van der Waals surface area contributed by atoms with Crippen LogP contribution in [0.15, 0.2) is 245 Å². The normalized spacial score (nSPS) is 16.0. The first kappa shape index (κ1) is 36.5. The second-order valence-corrected chi connectivity index (χ2v) is 16.1. The van der Waals surface area contributed by atoms with E-state index in [-0.39, 0.29) is 0 Å². The van der Waals surface area contributed by atoms with Crippen LogP contribution in [0.5, 0.6) is 0 Å². The highest BCUT2D eigenvalue weighted by Crippen LogP contribution is 2.40. The van der Waals surface area contributed by atoms with Crippen molar-refractivity contribution in [2.75, 3.05) is 0 Å². The van der Waals surface area contributed by atoms with E-state index in [2.05, 4.69) is 218 Å². The number of allylic oxidation sites excluding steroid dienone is 3. The van der Waals surface area contributed by atoms with Gasteiger partial charge in [0.1, 0.15) is 11.2 Å². The van der Waals surface area contributed by atoms with Crippen molar-refractivity contribution in [2.24, 2.45) is 9.98 Å². The van der Waals surface area contributed by atoms with E-state index in [1.54, 1.807) is 0 Å². The topological polar surface area (TPSA) is 37.9 Å². The van der Waals surface area contributed by atoms with Crippen molar-refractivity contribution < 1.29 is 4.42 Å². The highest BCUT2D eigenvalue weighted by Gasteiger charge is 2.19. The van der Waals surface area contributed by atoms with E-state index in [9.17, 15) is 0 Å². The molecule has 2 heterocycles. The number of aliphatic imine (C=N–C) groups is 2. The van der Waals surface area contributed by atoms with E-state index >= 15 is 0 Å². The Kier molecular flexibility index (Phi) is 8.83. The number of hydrogen-bond donors (Lipinski definition) is 0. The number of amidine groups is 1. The molecule has 11 aromatic rings. The molecule has 0 bridgehead atoms. The second kappa shape index (κ2) is 15.3. The minimum Gasteiger partial charge on any atom is -0.456 e. The summed E-state index contributed by atoms with van der Waals surface area (Å²) in [6, 6.07) is 75.3. The Morgan fingerprint density at radius 1 is 0.333 bits per heavy atom. The quantitative estimate of drug-likeness (QED) is 0.165. The SMILES string of the molecule is C1=C/C(c2ccc3ccc(-c4ccccc4)cc3c2)=N\C(c2cccc3oc4cc(-c5ccc(-c6ccccc6)c6ccccc56)ccc4c23)=N/C(c2ccc3ccccc3c2)=C/1. The maximum absolute atomic E-state index is 6.74. The van der Waals surface area contributed by atoms with E-state index in [0.717, 1.165) is 71.9 Å². The van der Waals surface area contributed by atoms with E-state index in [1.165, 1.54) is 43.8 Å². The highest BCUT2D eigenvalue weighted by atomic mass is 16.3. The van der Waals surface area contributed by atoms with Crippen molar-refractivity contribution >= 4 is 71.5 Å². The lowest BCUT2D eigenvalue weighted by Crippen LogP contribution is -2.07. The molecule has 294 valence electrons. The van der Waals surface area contributed by atoms with Crippen molar-refractivity contribution in [3.8, 4) is 33.4 Å². The number of benzene rings is 10. The predicted molar refractivity (Wildman–Crippen MR) is 266 cm³/mol. The van der Waals surface area contributed by atoms with Gasteiger partial charge in [-0.1, -0.05) is 182 Å². The number of rotatable bonds is 6. The van der Waals surface area contributed by atoms with Crippen LogP contribution in [0, 0.1) is 0 Å². The largest absolute Gasteiger partial charge is 0.456 e. The van der Waals surface area contributed by atoms with Gasteiger partial charge in [0, 0.05) is 27.5 Å². The lowest BCUT2D eigenvalue weighted by atomic mass is 9.92. The van der Waals surface area contributed by atoms with Crippen LogP contribution in [0.4, 0.5) is 0 Å². The van der Waals surface area contributed by atoms with Gasteiger partial charge in [-0.3, -0.25) is 0 Å². The molecule has 0 unspecified atom stereocenters. The molecule has 0 atom stereocenters. The summed E-state index contributed by atoms with van der Waals surface area (Å²) in [6.07, 6.45) is 6.27. The van der Waals surface area contributed by atoms with Gasteiger partial charge in [-0.25, -0.2) is 9.98 Å². The van der Waals surface area contributed by atoms with Gasteiger partial charge in [0.2, 0.25) is 0 Å². The van der Waals surface area contributed by atoms with E-state index in [1.807, 2.05) is 12.1 Å². The Morgan fingerprint density at radius 2 is 0.952 bits per heavy atom. The molecule has 0 radical (unpaired) electrons. The predicted octanol–water partition coefficient (Wildman–Crippen LogP) is 15.9. The summed E-state index contributed by atoms with van der Waals surface area (Å²) in [4.78, 5) is 10.9. The van der Waals surface area contributed by atoms with Gasteiger partial charge in [0.25, 0.3) is 0 Å². The van der Waals surface area contributed by atoms with Crippen molar-refractivity contribution in [1.82, 2.24) is 0 Å². The third kappa shape index (κ3) is 6.64. The fourth-order valence-electron chi connectivity index (χ4n) is 9.16. The summed E-state index contributed by atoms with van der Waals surface area (Å²) < 4.78 is 6.74. The zero-order valence-corrected chi connectivity index (χ0v) is 34.2. The van der Waals surface area contributed by atoms with Crippen LogP contribution in [0.25, 0.3) is 93.3 Å². The summed E-state index contributed by atoms with van der Waals surface area (Å²) in [5.74, 6) is 0.617. The van der Waals surface area contributed by atoms with Crippen molar-refractivity contribution in [2.45, 2.75) is 0 Å². The number of nitrogens with zero attached hydrogens (tertiary/aromatic N) is 2. The molecule has 3 nitrogen and oxygen atoms in total. The zero-order chi connectivity index (χ0) is 41.7. The van der Waals surface area contributed by atoms with E-state index < -0.39 is 0 Å². The molecular formula is C60H38N2O. The first-order chi connectivity index (χ1) is 31.2. The average molecular weight is 803 g/mol. The van der Waals surface area contributed by atoms with Gasteiger partial charge in [-0.05, 0) is 114 Å². The average Bonchev–Trinajstić information content (AvgIpc) is 3.72. The van der Waals surface area contributed by atoms with Gasteiger partial charge in [0.05, 0.1) is 11.4 Å². The standard InChI is InChI=1S/C60H38N2O/c1-3-13-39(14-4-1)44-28-25-41-27-30-47(37-48(41)36-44)56-23-12-22-55(46-29-26-40-15-7-8-18-43(40)35-46)61-60(62-56)54-21-11-24-57-59(54)53-32-31-45(38-58(53)63-57)50-34-33-49(42-16-5-2-6-17-42)51-19-9-10-20-52(50)51/h1-38H/b22-12?,23-12+,55-22+,56-23?,61-55?,61-60-,62-56+,62-60?. The molecular weight excluding hydrogens is 765 g/mol. The first-order valence-corrected chi connectivity index (χ1v) is 21.4. The number of furan rings is 1. The minimum absolute atomic E-state index is 0.617. The minimum atomic E-state index is 0.617. The van der Waals surface area contributed by atoms with Crippen LogP contribution < -0.4 is 0 Å². The summed E-state index contributed by atoms with van der Waals surface area (Å²) in [7, 11) is 0. The molecule has 0 N–H and O–H groups in total. The Morgan fingerprint density at radius 3 is 1.75 bits per heavy atom. The van der Waals surface area contributed by atoms with Gasteiger partial charge >= 0.3 is 0 Å². The molecule has 0 saturated heterocycles. The molecule has 0 aliphatic carbocycles. The zero-order valence-electron chi connectivity index (χ0n) is 34.2. The molecule has 1 aliphatic heterocycles. The fourth-order valence-corrected chi connectivity index (χ4v) is 9.16. The van der Waals surface area contributed by atoms with Crippen LogP contribution in [-0.4, -0.2) is 11.5 Å². The molecule has 1 aliphatic rings. The van der Waals surface area contributed by atoms with Crippen LogP contribution in [0.1, 0.15) is 16.7 Å². The van der Waals surface area contributed by atoms with Gasteiger partial charge in [-0.2, -0.15) is 0 Å². The molecule has 12 rings (SSSR count). The lowest BCUT2D eigenvalue weighted by molar-refractivity contribution is 0.669. The summed E-state index contributed by atoms with van der Waals surface area (Å²) in [5.41, 5.74) is 13.3. The monoisotopic (exact) mass is 802 g/mol. The smallest absolute Gasteiger partial charge is 0.161 e. The summed E-state index contributed by atoms with van der Waals surface area (Å²) in [5, 5.41) is 9.10.